The van der Waals surface area contributed by atoms with E-state index in [1.807, 2.05) is 6.07 Å². The number of nitrogens with one attached hydrogen (secondary N) is 1. The zero-order chi connectivity index (χ0) is 13.7. The van der Waals surface area contributed by atoms with E-state index in [0.29, 0.717) is 6.04 Å². The maximum Gasteiger partial charge on any atom is 0.0465 e. The highest BCUT2D eigenvalue weighted by Gasteiger charge is 2.22. The standard InChI is InChI=1S/C16H23BrClN/c1-2-9-19-16(10-12-5-3-4-6-12)14-8-7-13(17)11-15(14)18/h7-8,11-12,16,19H,2-6,9-10H2,1H3. The first-order chi connectivity index (χ1) is 9.20. The molecule has 1 nitrogen and oxygen atoms in total. The molecule has 0 spiro atoms. The molecule has 106 valence electrons. The third kappa shape index (κ3) is 4.47. The molecule has 0 amide bonds. The molecular formula is C16H23BrClN. The van der Waals surface area contributed by atoms with Gasteiger partial charge in [0.15, 0.2) is 0 Å². The highest BCUT2D eigenvalue weighted by molar-refractivity contribution is 9.10. The lowest BCUT2D eigenvalue weighted by molar-refractivity contribution is 0.395. The van der Waals surface area contributed by atoms with Gasteiger partial charge in [-0.1, -0.05) is 66.2 Å². The predicted octanol–water partition coefficient (Wildman–Crippen LogP) is 5.72. The molecule has 0 heterocycles. The van der Waals surface area contributed by atoms with Crippen LogP contribution in [-0.2, 0) is 0 Å². The van der Waals surface area contributed by atoms with E-state index >= 15 is 0 Å². The van der Waals surface area contributed by atoms with Gasteiger partial charge in [0.25, 0.3) is 0 Å². The van der Waals surface area contributed by atoms with Crippen molar-refractivity contribution in [3.05, 3.63) is 33.3 Å². The molecule has 3 heteroatoms. The lowest BCUT2D eigenvalue weighted by Crippen LogP contribution is -2.24. The Morgan fingerprint density at radius 3 is 2.74 bits per heavy atom. The Morgan fingerprint density at radius 2 is 2.11 bits per heavy atom. The molecule has 0 aliphatic heterocycles. The average molecular weight is 345 g/mol. The van der Waals surface area contributed by atoms with Gasteiger partial charge in [0.2, 0.25) is 0 Å². The fourth-order valence-corrected chi connectivity index (χ4v) is 3.81. The van der Waals surface area contributed by atoms with Crippen LogP contribution in [0.2, 0.25) is 5.02 Å². The van der Waals surface area contributed by atoms with Gasteiger partial charge in [0.05, 0.1) is 0 Å². The van der Waals surface area contributed by atoms with E-state index in [4.69, 9.17) is 11.6 Å². The average Bonchev–Trinajstić information content (AvgIpc) is 2.88. The Bertz CT molecular complexity index is 402. The van der Waals surface area contributed by atoms with Crippen molar-refractivity contribution in [2.45, 2.75) is 51.5 Å². The third-order valence-electron chi connectivity index (χ3n) is 4.02. The minimum Gasteiger partial charge on any atom is -0.310 e. The predicted molar refractivity (Wildman–Crippen MR) is 86.8 cm³/mol. The van der Waals surface area contributed by atoms with Crippen molar-refractivity contribution in [2.24, 2.45) is 5.92 Å². The van der Waals surface area contributed by atoms with Gasteiger partial charge in [-0.3, -0.25) is 0 Å². The quantitative estimate of drug-likeness (QED) is 0.695. The molecule has 2 rings (SSSR count). The van der Waals surface area contributed by atoms with Crippen LogP contribution >= 0.6 is 27.5 Å². The Kier molecular flexibility index (Phi) is 6.18. The smallest absolute Gasteiger partial charge is 0.0465 e. The van der Waals surface area contributed by atoms with Crippen LogP contribution in [-0.4, -0.2) is 6.54 Å². The first kappa shape index (κ1) is 15.3. The van der Waals surface area contributed by atoms with Gasteiger partial charge in [0.1, 0.15) is 0 Å². The van der Waals surface area contributed by atoms with E-state index in [1.165, 1.54) is 37.7 Å². The van der Waals surface area contributed by atoms with Crippen LogP contribution in [0.25, 0.3) is 0 Å². The van der Waals surface area contributed by atoms with E-state index < -0.39 is 0 Å². The van der Waals surface area contributed by atoms with Crippen molar-refractivity contribution in [1.82, 2.24) is 5.32 Å². The van der Waals surface area contributed by atoms with Gasteiger partial charge in [0, 0.05) is 15.5 Å². The van der Waals surface area contributed by atoms with Crippen molar-refractivity contribution in [3.63, 3.8) is 0 Å². The van der Waals surface area contributed by atoms with Crippen molar-refractivity contribution in [3.8, 4) is 0 Å². The zero-order valence-electron chi connectivity index (χ0n) is 11.6. The van der Waals surface area contributed by atoms with Gasteiger partial charge in [-0.15, -0.1) is 0 Å². The lowest BCUT2D eigenvalue weighted by atomic mass is 9.93. The topological polar surface area (TPSA) is 12.0 Å². The number of rotatable bonds is 6. The largest absolute Gasteiger partial charge is 0.310 e. The minimum absolute atomic E-state index is 0.406. The fraction of sp³-hybridized carbons (Fsp3) is 0.625. The molecule has 19 heavy (non-hydrogen) atoms. The molecular weight excluding hydrogens is 322 g/mol. The second kappa shape index (κ2) is 7.66. The van der Waals surface area contributed by atoms with Crippen molar-refractivity contribution < 1.29 is 0 Å². The Balaban J connectivity index is 2.10. The van der Waals surface area contributed by atoms with E-state index in [-0.39, 0.29) is 0 Å². The third-order valence-corrected chi connectivity index (χ3v) is 4.84. The Labute approximate surface area is 130 Å². The van der Waals surface area contributed by atoms with Gasteiger partial charge in [-0.2, -0.15) is 0 Å². The van der Waals surface area contributed by atoms with Crippen LogP contribution in [0.5, 0.6) is 0 Å². The van der Waals surface area contributed by atoms with Crippen LogP contribution in [0.4, 0.5) is 0 Å². The summed E-state index contributed by atoms with van der Waals surface area (Å²) >= 11 is 9.90. The second-order valence-corrected chi connectivity index (χ2v) is 6.88. The number of benzene rings is 1. The molecule has 1 aliphatic rings. The van der Waals surface area contributed by atoms with Crippen LogP contribution in [0.15, 0.2) is 22.7 Å². The van der Waals surface area contributed by atoms with Crippen molar-refractivity contribution in [2.75, 3.05) is 6.54 Å². The number of hydrogen-bond acceptors (Lipinski definition) is 1. The molecule has 1 aromatic rings. The Hall–Kier alpha value is -0.0500. The maximum atomic E-state index is 6.42. The highest BCUT2D eigenvalue weighted by atomic mass is 79.9. The van der Waals surface area contributed by atoms with E-state index in [1.54, 1.807) is 0 Å². The summed E-state index contributed by atoms with van der Waals surface area (Å²) in [5, 5.41) is 4.55. The second-order valence-electron chi connectivity index (χ2n) is 5.56. The van der Waals surface area contributed by atoms with Crippen molar-refractivity contribution in [1.29, 1.82) is 0 Å². The monoisotopic (exact) mass is 343 g/mol. The van der Waals surface area contributed by atoms with Gasteiger partial charge in [-0.05, 0) is 43.0 Å². The van der Waals surface area contributed by atoms with Crippen LogP contribution in [0, 0.1) is 5.92 Å². The van der Waals surface area contributed by atoms with Crippen LogP contribution in [0.3, 0.4) is 0 Å². The van der Waals surface area contributed by atoms with Crippen molar-refractivity contribution >= 4 is 27.5 Å². The molecule has 0 bridgehead atoms. The summed E-state index contributed by atoms with van der Waals surface area (Å²) in [5.41, 5.74) is 1.25. The summed E-state index contributed by atoms with van der Waals surface area (Å²) in [6, 6.07) is 6.67. The summed E-state index contributed by atoms with van der Waals surface area (Å²) in [6.07, 6.45) is 7.96. The highest BCUT2D eigenvalue weighted by Crippen LogP contribution is 2.35. The molecule has 1 aromatic carbocycles. The Morgan fingerprint density at radius 1 is 1.37 bits per heavy atom. The molecule has 0 radical (unpaired) electrons. The molecule has 1 fully saturated rings. The number of hydrogen-bond donors (Lipinski definition) is 1. The summed E-state index contributed by atoms with van der Waals surface area (Å²) in [7, 11) is 0. The van der Waals surface area contributed by atoms with Gasteiger partial charge in [-0.25, -0.2) is 0 Å². The van der Waals surface area contributed by atoms with E-state index in [9.17, 15) is 0 Å². The zero-order valence-corrected chi connectivity index (χ0v) is 13.9. The summed E-state index contributed by atoms with van der Waals surface area (Å²) < 4.78 is 1.05. The normalized spacial score (nSPS) is 17.8. The minimum atomic E-state index is 0.406. The molecule has 1 aliphatic carbocycles. The van der Waals surface area contributed by atoms with E-state index in [0.717, 1.165) is 28.4 Å². The van der Waals surface area contributed by atoms with Gasteiger partial charge >= 0.3 is 0 Å². The first-order valence-corrected chi connectivity index (χ1v) is 8.56. The van der Waals surface area contributed by atoms with E-state index in [2.05, 4.69) is 40.3 Å². The number of halogens is 2. The lowest BCUT2D eigenvalue weighted by Gasteiger charge is -2.23. The fourth-order valence-electron chi connectivity index (χ4n) is 3.00. The summed E-state index contributed by atoms with van der Waals surface area (Å²) in [6.45, 7) is 3.27. The van der Waals surface area contributed by atoms with Crippen LogP contribution in [0.1, 0.15) is 57.1 Å². The molecule has 1 atom stereocenters. The molecule has 1 saturated carbocycles. The summed E-state index contributed by atoms with van der Waals surface area (Å²) in [4.78, 5) is 0. The van der Waals surface area contributed by atoms with Crippen LogP contribution < -0.4 is 5.32 Å². The maximum absolute atomic E-state index is 6.42. The SMILES string of the molecule is CCCNC(CC1CCCC1)c1ccc(Br)cc1Cl. The molecule has 0 saturated heterocycles. The molecule has 1 N–H and O–H groups in total. The summed E-state index contributed by atoms with van der Waals surface area (Å²) in [5.74, 6) is 0.870. The molecule has 0 aromatic heterocycles. The first-order valence-electron chi connectivity index (χ1n) is 7.39. The van der Waals surface area contributed by atoms with Gasteiger partial charge < -0.3 is 5.32 Å². The molecule has 1 unspecified atom stereocenters.